The van der Waals surface area contributed by atoms with E-state index < -0.39 is 0 Å². The number of fused-ring (bicyclic) bond motifs is 1. The molecule has 4 rings (SSSR count). The van der Waals surface area contributed by atoms with Gasteiger partial charge < -0.3 is 14.6 Å². The number of benzene rings is 2. The highest BCUT2D eigenvalue weighted by Crippen LogP contribution is 2.23. The van der Waals surface area contributed by atoms with Crippen molar-refractivity contribution in [2.24, 2.45) is 0 Å². The van der Waals surface area contributed by atoms with E-state index in [4.69, 9.17) is 16.3 Å². The molecule has 3 aromatic rings. The number of likely N-dealkylation sites (tertiary alicyclic amines) is 1. The van der Waals surface area contributed by atoms with Crippen LogP contribution in [0.5, 0.6) is 5.75 Å². The Morgan fingerprint density at radius 3 is 2.78 bits per heavy atom. The first-order valence-electron chi connectivity index (χ1n) is 9.41. The topological polar surface area (TPSA) is 28.3 Å². The molecular weight excluding hydrogens is 356 g/mol. The molecule has 3 nitrogen and oxygen atoms in total. The second kappa shape index (κ2) is 8.08. The third-order valence-corrected chi connectivity index (χ3v) is 5.40. The van der Waals surface area contributed by atoms with Crippen molar-refractivity contribution in [2.45, 2.75) is 19.3 Å². The number of nitrogens with one attached hydrogen (secondary N) is 1. The molecule has 1 aliphatic rings. The van der Waals surface area contributed by atoms with Crippen LogP contribution in [0.3, 0.4) is 0 Å². The zero-order valence-electron chi connectivity index (χ0n) is 15.5. The number of hydrogen-bond donors (Lipinski definition) is 1. The van der Waals surface area contributed by atoms with Crippen molar-refractivity contribution in [2.75, 3.05) is 26.7 Å². The van der Waals surface area contributed by atoms with E-state index in [2.05, 4.69) is 40.1 Å². The van der Waals surface area contributed by atoms with Crippen LogP contribution in [-0.2, 0) is 6.42 Å². The summed E-state index contributed by atoms with van der Waals surface area (Å²) < 4.78 is 5.38. The second-order valence-corrected chi connectivity index (χ2v) is 7.40. The molecule has 1 N–H and O–H groups in total. The largest absolute Gasteiger partial charge is 0.495 e. The molecule has 1 fully saturated rings. The summed E-state index contributed by atoms with van der Waals surface area (Å²) in [7, 11) is 1.65. The highest BCUT2D eigenvalue weighted by atomic mass is 35.5. The summed E-state index contributed by atoms with van der Waals surface area (Å²) in [5.41, 5.74) is 4.32. The monoisotopic (exact) mass is 378 g/mol. The summed E-state index contributed by atoms with van der Waals surface area (Å²) in [4.78, 5) is 5.94. The number of nitrogens with zero attached hydrogens (tertiary/aromatic N) is 1. The normalized spacial score (nSPS) is 14.3. The first-order valence-corrected chi connectivity index (χ1v) is 9.78. The summed E-state index contributed by atoms with van der Waals surface area (Å²) in [5, 5.41) is 1.92. The van der Waals surface area contributed by atoms with E-state index in [1.807, 2.05) is 24.3 Å². The van der Waals surface area contributed by atoms with E-state index >= 15 is 0 Å². The van der Waals surface area contributed by atoms with Crippen LogP contribution < -0.4 is 4.74 Å². The average Bonchev–Trinajstić information content (AvgIpc) is 3.34. The summed E-state index contributed by atoms with van der Waals surface area (Å²) in [5.74, 6) is 7.19. The molecule has 4 heteroatoms. The van der Waals surface area contributed by atoms with E-state index in [0.29, 0.717) is 5.02 Å². The molecule has 1 aliphatic heterocycles. The third kappa shape index (κ3) is 4.13. The number of halogens is 1. The van der Waals surface area contributed by atoms with Crippen molar-refractivity contribution in [1.82, 2.24) is 9.88 Å². The minimum atomic E-state index is 0.658. The Labute approximate surface area is 165 Å². The minimum Gasteiger partial charge on any atom is -0.495 e. The Hall–Kier alpha value is -2.41. The van der Waals surface area contributed by atoms with Gasteiger partial charge in [0, 0.05) is 34.2 Å². The molecule has 0 radical (unpaired) electrons. The lowest BCUT2D eigenvalue weighted by molar-refractivity contribution is 0.344. The Balaban J connectivity index is 1.58. The molecule has 0 spiro atoms. The fraction of sp³-hybridized carbons (Fsp3) is 0.304. The molecule has 0 aliphatic carbocycles. The van der Waals surface area contributed by atoms with Gasteiger partial charge in [-0.05, 0) is 74.3 Å². The van der Waals surface area contributed by atoms with Gasteiger partial charge in [-0.25, -0.2) is 0 Å². The van der Waals surface area contributed by atoms with Gasteiger partial charge in [-0.3, -0.25) is 0 Å². The minimum absolute atomic E-state index is 0.658. The maximum Gasteiger partial charge on any atom is 0.134 e. The zero-order chi connectivity index (χ0) is 18.6. The molecule has 0 unspecified atom stereocenters. The fourth-order valence-electron chi connectivity index (χ4n) is 3.67. The van der Waals surface area contributed by atoms with E-state index in [9.17, 15) is 0 Å². The van der Waals surface area contributed by atoms with Gasteiger partial charge in [0.25, 0.3) is 0 Å². The number of methoxy groups -OCH3 is 1. The Morgan fingerprint density at radius 1 is 1.11 bits per heavy atom. The predicted octanol–water partition coefficient (Wildman–Crippen LogP) is 4.87. The fourth-order valence-corrected chi connectivity index (χ4v) is 3.84. The van der Waals surface area contributed by atoms with E-state index in [-0.39, 0.29) is 0 Å². The smallest absolute Gasteiger partial charge is 0.134 e. The van der Waals surface area contributed by atoms with Gasteiger partial charge in [0.05, 0.1) is 12.7 Å². The maximum atomic E-state index is 6.10. The van der Waals surface area contributed by atoms with Gasteiger partial charge in [0.15, 0.2) is 0 Å². The van der Waals surface area contributed by atoms with Gasteiger partial charge in [0.2, 0.25) is 0 Å². The number of hydrogen-bond acceptors (Lipinski definition) is 2. The van der Waals surface area contributed by atoms with E-state index in [0.717, 1.165) is 35.4 Å². The number of rotatable bonds is 4. The highest BCUT2D eigenvalue weighted by Gasteiger charge is 2.12. The quantitative estimate of drug-likeness (QED) is 0.656. The lowest BCUT2D eigenvalue weighted by Gasteiger charge is -2.13. The number of ether oxygens (including phenoxy) is 1. The summed E-state index contributed by atoms with van der Waals surface area (Å²) in [6, 6.07) is 11.8. The molecule has 0 saturated carbocycles. The summed E-state index contributed by atoms with van der Waals surface area (Å²) >= 11 is 6.10. The summed E-state index contributed by atoms with van der Waals surface area (Å²) in [6.45, 7) is 3.60. The van der Waals surface area contributed by atoms with Crippen molar-refractivity contribution in [3.8, 4) is 17.6 Å². The van der Waals surface area contributed by atoms with Crippen LogP contribution in [0.15, 0.2) is 42.6 Å². The van der Waals surface area contributed by atoms with Gasteiger partial charge in [-0.1, -0.05) is 23.4 Å². The lowest BCUT2D eigenvalue weighted by atomic mass is 10.1. The molecule has 2 heterocycles. The number of aromatic nitrogens is 1. The Bertz CT molecular complexity index is 1010. The molecule has 0 bridgehead atoms. The molecular formula is C23H23ClN2O. The molecule has 2 aromatic carbocycles. The van der Waals surface area contributed by atoms with Crippen LogP contribution in [0.4, 0.5) is 0 Å². The standard InChI is InChI=1S/C23H23ClN2O/c1-27-23-9-7-20(24)15-18(23)6-4-17-5-8-22-21(14-17)19(16-25-22)10-13-26-11-2-3-12-26/h5,7-9,14-16,25H,2-3,10-13H2,1H3. The number of aromatic amines is 1. The van der Waals surface area contributed by atoms with Crippen LogP contribution in [0.2, 0.25) is 5.02 Å². The zero-order valence-corrected chi connectivity index (χ0v) is 16.3. The second-order valence-electron chi connectivity index (χ2n) is 6.97. The van der Waals surface area contributed by atoms with Crippen LogP contribution in [0, 0.1) is 11.8 Å². The summed E-state index contributed by atoms with van der Waals surface area (Å²) in [6.07, 6.45) is 5.87. The van der Waals surface area contributed by atoms with Gasteiger partial charge in [0.1, 0.15) is 5.75 Å². The van der Waals surface area contributed by atoms with Crippen LogP contribution in [0.25, 0.3) is 10.9 Å². The van der Waals surface area contributed by atoms with Crippen molar-refractivity contribution in [3.63, 3.8) is 0 Å². The molecule has 1 aromatic heterocycles. The van der Waals surface area contributed by atoms with Crippen LogP contribution >= 0.6 is 11.6 Å². The van der Waals surface area contributed by atoms with Gasteiger partial charge in [-0.2, -0.15) is 0 Å². The van der Waals surface area contributed by atoms with Crippen molar-refractivity contribution in [3.05, 3.63) is 64.3 Å². The Kier molecular flexibility index (Phi) is 5.38. The lowest BCUT2D eigenvalue weighted by Crippen LogP contribution is -2.21. The van der Waals surface area contributed by atoms with Crippen LogP contribution in [0.1, 0.15) is 29.5 Å². The predicted molar refractivity (Wildman–Crippen MR) is 112 cm³/mol. The average molecular weight is 379 g/mol. The molecule has 0 atom stereocenters. The van der Waals surface area contributed by atoms with Crippen LogP contribution in [-0.4, -0.2) is 36.6 Å². The molecule has 1 saturated heterocycles. The molecule has 138 valence electrons. The Morgan fingerprint density at radius 2 is 1.96 bits per heavy atom. The SMILES string of the molecule is COc1ccc(Cl)cc1C#Cc1ccc2[nH]cc(CCN3CCCC3)c2c1. The highest BCUT2D eigenvalue weighted by molar-refractivity contribution is 6.30. The van der Waals surface area contributed by atoms with E-state index in [1.54, 1.807) is 7.11 Å². The van der Waals surface area contributed by atoms with Gasteiger partial charge in [-0.15, -0.1) is 0 Å². The van der Waals surface area contributed by atoms with Crippen molar-refractivity contribution in [1.29, 1.82) is 0 Å². The van der Waals surface area contributed by atoms with Gasteiger partial charge >= 0.3 is 0 Å². The molecule has 0 amide bonds. The van der Waals surface area contributed by atoms with Crippen molar-refractivity contribution >= 4 is 22.5 Å². The third-order valence-electron chi connectivity index (χ3n) is 5.17. The van der Waals surface area contributed by atoms with Crippen molar-refractivity contribution < 1.29 is 4.74 Å². The number of H-pyrrole nitrogens is 1. The maximum absolute atomic E-state index is 6.10. The first kappa shape index (κ1) is 18.0. The van der Waals surface area contributed by atoms with E-state index in [1.165, 1.54) is 36.9 Å². The molecule has 27 heavy (non-hydrogen) atoms. The first-order chi connectivity index (χ1) is 13.2.